The number of sulfone groups is 1. The van der Waals surface area contributed by atoms with Crippen LogP contribution in [0, 0.1) is 0 Å². The fourth-order valence-electron chi connectivity index (χ4n) is 3.98. The number of benzene rings is 2. The SMILES string of the molecule is CCCC1(O)CN(C(=O)c2ccc(CS(=O)(=O)c3cccc4cccnc34)cc2)C1. The fraction of sp³-hybridized carbons (Fsp3) is 0.304. The molecule has 0 aliphatic carbocycles. The molecule has 0 saturated carbocycles. The molecule has 0 bridgehead atoms. The van der Waals surface area contributed by atoms with Crippen LogP contribution in [0.15, 0.2) is 65.7 Å². The number of amides is 1. The summed E-state index contributed by atoms with van der Waals surface area (Å²) in [7, 11) is -3.60. The number of carbonyl (C=O) groups is 1. The number of rotatable bonds is 6. The first-order chi connectivity index (χ1) is 14.3. The first-order valence-electron chi connectivity index (χ1n) is 9.98. The van der Waals surface area contributed by atoms with Crippen molar-refractivity contribution in [3.63, 3.8) is 0 Å². The summed E-state index contributed by atoms with van der Waals surface area (Å²) in [5, 5.41) is 11.0. The fourth-order valence-corrected chi connectivity index (χ4v) is 5.52. The summed E-state index contributed by atoms with van der Waals surface area (Å²) in [6, 6.07) is 15.4. The van der Waals surface area contributed by atoms with Gasteiger partial charge in [0.25, 0.3) is 5.91 Å². The van der Waals surface area contributed by atoms with Crippen molar-refractivity contribution in [2.75, 3.05) is 13.1 Å². The van der Waals surface area contributed by atoms with Crippen molar-refractivity contribution in [1.29, 1.82) is 0 Å². The van der Waals surface area contributed by atoms with Gasteiger partial charge in [0.05, 0.1) is 34.9 Å². The Bertz CT molecular complexity index is 1180. The minimum Gasteiger partial charge on any atom is -0.386 e. The van der Waals surface area contributed by atoms with Gasteiger partial charge in [-0.1, -0.05) is 43.7 Å². The van der Waals surface area contributed by atoms with Crippen LogP contribution in [0.25, 0.3) is 10.9 Å². The third-order valence-electron chi connectivity index (χ3n) is 5.46. The highest BCUT2D eigenvalue weighted by molar-refractivity contribution is 7.90. The second kappa shape index (κ2) is 7.81. The van der Waals surface area contributed by atoms with Gasteiger partial charge in [0.1, 0.15) is 0 Å². The Morgan fingerprint density at radius 3 is 2.50 bits per heavy atom. The van der Waals surface area contributed by atoms with Gasteiger partial charge in [0.15, 0.2) is 9.84 Å². The highest BCUT2D eigenvalue weighted by Gasteiger charge is 2.42. The number of likely N-dealkylation sites (tertiary alicyclic amines) is 1. The van der Waals surface area contributed by atoms with Gasteiger partial charge < -0.3 is 10.0 Å². The zero-order chi connectivity index (χ0) is 21.4. The van der Waals surface area contributed by atoms with E-state index in [0.29, 0.717) is 36.2 Å². The number of hydrogen-bond donors (Lipinski definition) is 1. The molecule has 1 fully saturated rings. The molecule has 2 aromatic carbocycles. The zero-order valence-electron chi connectivity index (χ0n) is 16.8. The molecule has 1 aromatic heterocycles. The summed E-state index contributed by atoms with van der Waals surface area (Å²) >= 11 is 0. The van der Waals surface area contributed by atoms with Gasteiger partial charge in [-0.2, -0.15) is 0 Å². The molecule has 1 saturated heterocycles. The van der Waals surface area contributed by atoms with E-state index < -0.39 is 15.4 Å². The van der Waals surface area contributed by atoms with E-state index in [1.165, 1.54) is 0 Å². The van der Waals surface area contributed by atoms with E-state index in [4.69, 9.17) is 0 Å². The number of hydrogen-bond acceptors (Lipinski definition) is 5. The summed E-state index contributed by atoms with van der Waals surface area (Å²) in [5.41, 5.74) is 0.779. The lowest BCUT2D eigenvalue weighted by molar-refractivity contribution is -0.0860. The third kappa shape index (κ3) is 3.95. The van der Waals surface area contributed by atoms with Gasteiger partial charge in [-0.25, -0.2) is 8.42 Å². The summed E-state index contributed by atoms with van der Waals surface area (Å²) in [5.74, 6) is -0.319. The molecular formula is C23H24N2O4S. The van der Waals surface area contributed by atoms with Crippen LogP contribution in [-0.4, -0.2) is 48.0 Å². The van der Waals surface area contributed by atoms with Gasteiger partial charge in [0, 0.05) is 17.1 Å². The molecule has 2 heterocycles. The first-order valence-corrected chi connectivity index (χ1v) is 11.6. The number of para-hydroxylation sites is 1. The predicted molar refractivity (Wildman–Crippen MR) is 115 cm³/mol. The van der Waals surface area contributed by atoms with E-state index in [2.05, 4.69) is 4.98 Å². The zero-order valence-corrected chi connectivity index (χ0v) is 17.6. The van der Waals surface area contributed by atoms with Gasteiger partial charge >= 0.3 is 0 Å². The molecule has 1 N–H and O–H groups in total. The van der Waals surface area contributed by atoms with Crippen LogP contribution in [0.3, 0.4) is 0 Å². The van der Waals surface area contributed by atoms with E-state index in [1.54, 1.807) is 53.6 Å². The number of pyridine rings is 1. The van der Waals surface area contributed by atoms with Gasteiger partial charge in [0.2, 0.25) is 0 Å². The van der Waals surface area contributed by atoms with Crippen molar-refractivity contribution < 1.29 is 18.3 Å². The Kier molecular flexibility index (Phi) is 5.34. The van der Waals surface area contributed by atoms with Crippen LogP contribution in [0.4, 0.5) is 0 Å². The predicted octanol–water partition coefficient (Wildman–Crippen LogP) is 3.20. The Hall–Kier alpha value is -2.77. The Balaban J connectivity index is 1.49. The number of aliphatic hydroxyl groups is 1. The van der Waals surface area contributed by atoms with E-state index in [0.717, 1.165) is 11.8 Å². The number of fused-ring (bicyclic) bond motifs is 1. The smallest absolute Gasteiger partial charge is 0.254 e. The summed E-state index contributed by atoms with van der Waals surface area (Å²) in [6.45, 7) is 2.68. The topological polar surface area (TPSA) is 87.6 Å². The normalized spacial score (nSPS) is 15.7. The second-order valence-electron chi connectivity index (χ2n) is 7.92. The van der Waals surface area contributed by atoms with Gasteiger partial charge in [-0.15, -0.1) is 0 Å². The lowest BCUT2D eigenvalue weighted by Gasteiger charge is -2.46. The largest absolute Gasteiger partial charge is 0.386 e. The summed E-state index contributed by atoms with van der Waals surface area (Å²) in [6.07, 6.45) is 3.13. The van der Waals surface area contributed by atoms with Crippen molar-refractivity contribution in [1.82, 2.24) is 9.88 Å². The van der Waals surface area contributed by atoms with Gasteiger partial charge in [-0.05, 0) is 36.2 Å². The van der Waals surface area contributed by atoms with Crippen LogP contribution in [0.2, 0.25) is 0 Å². The summed E-state index contributed by atoms with van der Waals surface area (Å²) < 4.78 is 26.0. The molecule has 156 valence electrons. The van der Waals surface area contributed by atoms with Crippen LogP contribution in [0.1, 0.15) is 35.7 Å². The van der Waals surface area contributed by atoms with E-state index in [-0.39, 0.29) is 16.6 Å². The molecular weight excluding hydrogens is 400 g/mol. The number of β-amino-alcohol motifs (C(OH)–C–C–N with tert-alkyl or cyclic N) is 1. The third-order valence-corrected chi connectivity index (χ3v) is 7.17. The van der Waals surface area contributed by atoms with Crippen LogP contribution in [0.5, 0.6) is 0 Å². The van der Waals surface area contributed by atoms with E-state index in [9.17, 15) is 18.3 Å². The van der Waals surface area contributed by atoms with Crippen molar-refractivity contribution in [2.45, 2.75) is 36.0 Å². The van der Waals surface area contributed by atoms with Crippen molar-refractivity contribution in [3.8, 4) is 0 Å². The molecule has 0 radical (unpaired) electrons. The molecule has 0 atom stereocenters. The monoisotopic (exact) mass is 424 g/mol. The quantitative estimate of drug-likeness (QED) is 0.657. The molecule has 0 spiro atoms. The van der Waals surface area contributed by atoms with E-state index >= 15 is 0 Å². The minimum atomic E-state index is -3.60. The Labute approximate surface area is 176 Å². The summed E-state index contributed by atoms with van der Waals surface area (Å²) in [4.78, 5) is 18.6. The second-order valence-corrected chi connectivity index (χ2v) is 9.88. The molecule has 1 aliphatic rings. The molecule has 3 aromatic rings. The maximum Gasteiger partial charge on any atom is 0.254 e. The molecule has 0 unspecified atom stereocenters. The molecule has 4 rings (SSSR count). The number of nitrogens with zero attached hydrogens (tertiary/aromatic N) is 2. The minimum absolute atomic E-state index is 0.150. The lowest BCUT2D eigenvalue weighted by atomic mass is 9.88. The highest BCUT2D eigenvalue weighted by Crippen LogP contribution is 2.28. The molecule has 1 amide bonds. The Morgan fingerprint density at radius 1 is 1.10 bits per heavy atom. The van der Waals surface area contributed by atoms with Crippen molar-refractivity contribution in [2.24, 2.45) is 0 Å². The first kappa shape index (κ1) is 20.5. The van der Waals surface area contributed by atoms with Gasteiger partial charge in [-0.3, -0.25) is 9.78 Å². The standard InChI is InChI=1S/C23H24N2O4S/c1-2-12-23(27)15-25(16-23)22(26)19-10-8-17(9-11-19)14-30(28,29)20-7-3-5-18-6-4-13-24-21(18)20/h3-11,13,27H,2,12,14-16H2,1H3. The average molecular weight is 425 g/mol. The van der Waals surface area contributed by atoms with Crippen LogP contribution >= 0.6 is 0 Å². The molecule has 30 heavy (non-hydrogen) atoms. The van der Waals surface area contributed by atoms with Crippen LogP contribution < -0.4 is 0 Å². The van der Waals surface area contributed by atoms with Crippen molar-refractivity contribution in [3.05, 3.63) is 71.9 Å². The average Bonchev–Trinajstić information content (AvgIpc) is 2.71. The molecule has 7 heteroatoms. The molecule has 6 nitrogen and oxygen atoms in total. The van der Waals surface area contributed by atoms with Crippen LogP contribution in [-0.2, 0) is 15.6 Å². The Morgan fingerprint density at radius 2 is 1.80 bits per heavy atom. The number of carbonyl (C=O) groups excluding carboxylic acids is 1. The molecule has 1 aliphatic heterocycles. The lowest BCUT2D eigenvalue weighted by Crippen LogP contribution is -2.63. The highest BCUT2D eigenvalue weighted by atomic mass is 32.2. The van der Waals surface area contributed by atoms with E-state index in [1.807, 2.05) is 19.1 Å². The number of aromatic nitrogens is 1. The maximum atomic E-state index is 13.0. The van der Waals surface area contributed by atoms with Crippen molar-refractivity contribution >= 4 is 26.6 Å². The maximum absolute atomic E-state index is 13.0.